The molecule has 1 atom stereocenters. The van der Waals surface area contributed by atoms with E-state index in [9.17, 15) is 9.90 Å². The van der Waals surface area contributed by atoms with E-state index in [1.165, 1.54) is 6.20 Å². The van der Waals surface area contributed by atoms with Gasteiger partial charge < -0.3 is 18.9 Å². The van der Waals surface area contributed by atoms with Gasteiger partial charge in [0.2, 0.25) is 0 Å². The maximum atomic E-state index is 12.5. The third-order valence-electron chi connectivity index (χ3n) is 6.28. The second-order valence-electron chi connectivity index (χ2n) is 9.83. The first-order valence-corrected chi connectivity index (χ1v) is 12.6. The zero-order valence-electron chi connectivity index (χ0n) is 20.9. The Kier molecular flexibility index (Phi) is 6.49. The molecule has 2 aromatic carbocycles. The van der Waals surface area contributed by atoms with Crippen molar-refractivity contribution in [3.8, 4) is 28.0 Å². The fraction of sp³-hybridized carbons (Fsp3) is 0.357. The minimum atomic E-state index is -0.726. The Morgan fingerprint density at radius 1 is 1.06 bits per heavy atom. The average molecular weight is 477 g/mol. The van der Waals surface area contributed by atoms with E-state index < -0.39 is 11.7 Å². The van der Waals surface area contributed by atoms with Crippen molar-refractivity contribution in [1.29, 1.82) is 0 Å². The van der Waals surface area contributed by atoms with Gasteiger partial charge in [0.15, 0.2) is 6.29 Å². The molecule has 6 heteroatoms. The largest absolute Gasteiger partial charge is 0.506 e. The van der Waals surface area contributed by atoms with E-state index in [0.29, 0.717) is 6.54 Å². The lowest BCUT2D eigenvalue weighted by molar-refractivity contribution is -0.128. The third kappa shape index (κ3) is 4.21. The quantitative estimate of drug-likeness (QED) is 0.327. The summed E-state index contributed by atoms with van der Waals surface area (Å²) in [5.41, 5.74) is 9.30. The Morgan fingerprint density at radius 3 is 2.32 bits per heavy atom. The number of aromatic hydroxyl groups is 1. The molecule has 178 valence electrons. The van der Waals surface area contributed by atoms with Crippen LogP contribution in [0.25, 0.3) is 22.3 Å². The monoisotopic (exact) mass is 476 g/mol. The summed E-state index contributed by atoms with van der Waals surface area (Å²) in [5, 5.41) is 10.9. The van der Waals surface area contributed by atoms with Gasteiger partial charge in [0.25, 0.3) is 0 Å². The Bertz CT molecular complexity index is 1250. The Labute approximate surface area is 206 Å². The number of anilines is 1. The standard InChI is InChI=1S/C28H32N2O3S/c1-16-8-10-19(11-9-16)23-17(2)25-26-20(12-29-13-21(26)32)14-30(34-7)27(25)18(3)24(23)22(15-31)33-28(4,5)6/h8-13,15,22,32H,14H2,1-7H3/t22-/m1/s1. The molecule has 0 unspecified atom stereocenters. The van der Waals surface area contributed by atoms with Crippen molar-refractivity contribution in [2.75, 3.05) is 10.6 Å². The maximum absolute atomic E-state index is 12.5. The number of aldehydes is 1. The molecule has 4 rings (SSSR count). The van der Waals surface area contributed by atoms with Crippen LogP contribution in [-0.4, -0.2) is 28.2 Å². The lowest BCUT2D eigenvalue weighted by atomic mass is 9.80. The highest BCUT2D eigenvalue weighted by atomic mass is 32.2. The fourth-order valence-electron chi connectivity index (χ4n) is 4.90. The van der Waals surface area contributed by atoms with Gasteiger partial charge in [-0.1, -0.05) is 41.8 Å². The number of aromatic nitrogens is 1. The molecule has 0 radical (unpaired) electrons. The second-order valence-corrected chi connectivity index (χ2v) is 10.6. The van der Waals surface area contributed by atoms with Gasteiger partial charge in [0.1, 0.15) is 11.9 Å². The summed E-state index contributed by atoms with van der Waals surface area (Å²) in [5.74, 6) is 0.169. The number of nitrogens with zero attached hydrogens (tertiary/aromatic N) is 2. The van der Waals surface area contributed by atoms with Crippen molar-refractivity contribution in [3.05, 3.63) is 64.5 Å². The van der Waals surface area contributed by atoms with Gasteiger partial charge >= 0.3 is 0 Å². The molecule has 5 nitrogen and oxygen atoms in total. The van der Waals surface area contributed by atoms with Crippen LogP contribution in [0.15, 0.2) is 36.7 Å². The molecule has 0 spiro atoms. The highest BCUT2D eigenvalue weighted by molar-refractivity contribution is 7.99. The molecule has 2 heterocycles. The molecular weight excluding hydrogens is 444 g/mol. The van der Waals surface area contributed by atoms with Crippen molar-refractivity contribution in [1.82, 2.24) is 4.98 Å². The Balaban J connectivity index is 2.15. The van der Waals surface area contributed by atoms with Crippen molar-refractivity contribution in [2.45, 2.75) is 59.8 Å². The molecule has 1 aliphatic rings. The van der Waals surface area contributed by atoms with E-state index in [4.69, 9.17) is 4.74 Å². The minimum absolute atomic E-state index is 0.169. The SMILES string of the molecule is CSN1Cc2cncc(O)c2-c2c(C)c(-c3ccc(C)cc3)c([C@@H](C=O)OC(C)(C)C)c(C)c21. The van der Waals surface area contributed by atoms with Gasteiger partial charge in [-0.2, -0.15) is 0 Å². The Hall–Kier alpha value is -2.83. The number of ether oxygens (including phenoxy) is 1. The highest BCUT2D eigenvalue weighted by Crippen LogP contribution is 2.53. The van der Waals surface area contributed by atoms with Gasteiger partial charge in [0, 0.05) is 34.7 Å². The molecule has 0 saturated heterocycles. The molecule has 34 heavy (non-hydrogen) atoms. The van der Waals surface area contributed by atoms with Gasteiger partial charge in [-0.25, -0.2) is 0 Å². The van der Waals surface area contributed by atoms with E-state index in [1.807, 2.05) is 33.2 Å². The summed E-state index contributed by atoms with van der Waals surface area (Å²) in [7, 11) is 0. The van der Waals surface area contributed by atoms with Crippen LogP contribution in [0.5, 0.6) is 5.75 Å². The lowest BCUT2D eigenvalue weighted by Crippen LogP contribution is -2.26. The molecule has 0 saturated carbocycles. The molecule has 0 bridgehead atoms. The zero-order valence-corrected chi connectivity index (χ0v) is 21.7. The van der Waals surface area contributed by atoms with Crippen molar-refractivity contribution in [2.24, 2.45) is 0 Å². The van der Waals surface area contributed by atoms with E-state index >= 15 is 0 Å². The average Bonchev–Trinajstić information content (AvgIpc) is 2.79. The number of hydrogen-bond acceptors (Lipinski definition) is 6. The fourth-order valence-corrected chi connectivity index (χ4v) is 5.58. The normalized spacial score (nSPS) is 13.9. The summed E-state index contributed by atoms with van der Waals surface area (Å²) in [6, 6.07) is 8.34. The van der Waals surface area contributed by atoms with Crippen LogP contribution in [0, 0.1) is 20.8 Å². The molecule has 0 aliphatic carbocycles. The number of aryl methyl sites for hydroxylation is 1. The number of hydrogen-bond donors (Lipinski definition) is 1. The van der Waals surface area contributed by atoms with Crippen LogP contribution in [-0.2, 0) is 16.1 Å². The Morgan fingerprint density at radius 2 is 1.74 bits per heavy atom. The van der Waals surface area contributed by atoms with Crippen molar-refractivity contribution >= 4 is 23.9 Å². The summed E-state index contributed by atoms with van der Waals surface area (Å²) >= 11 is 1.62. The smallest absolute Gasteiger partial charge is 0.153 e. The van der Waals surface area contributed by atoms with Crippen LogP contribution in [0.1, 0.15) is 54.7 Å². The minimum Gasteiger partial charge on any atom is -0.506 e. The molecule has 1 aliphatic heterocycles. The topological polar surface area (TPSA) is 62.7 Å². The number of rotatable bonds is 5. The summed E-state index contributed by atoms with van der Waals surface area (Å²) in [4.78, 5) is 16.7. The molecule has 0 fully saturated rings. The highest BCUT2D eigenvalue weighted by Gasteiger charge is 2.34. The van der Waals surface area contributed by atoms with Crippen molar-refractivity contribution in [3.63, 3.8) is 0 Å². The van der Waals surface area contributed by atoms with Crippen LogP contribution in [0.3, 0.4) is 0 Å². The zero-order chi connectivity index (χ0) is 24.8. The number of carbonyl (C=O) groups excluding carboxylic acids is 1. The van der Waals surface area contributed by atoms with Gasteiger partial charge in [0.05, 0.1) is 24.0 Å². The number of fused-ring (bicyclic) bond motifs is 3. The van der Waals surface area contributed by atoms with E-state index in [0.717, 1.165) is 62.0 Å². The first-order chi connectivity index (χ1) is 16.1. The van der Waals surface area contributed by atoms with E-state index in [2.05, 4.69) is 54.3 Å². The molecule has 1 N–H and O–H groups in total. The van der Waals surface area contributed by atoms with Gasteiger partial charge in [-0.15, -0.1) is 0 Å². The first-order valence-electron chi connectivity index (χ1n) is 11.4. The number of benzene rings is 2. The van der Waals surface area contributed by atoms with Crippen LogP contribution < -0.4 is 4.31 Å². The number of pyridine rings is 1. The van der Waals surface area contributed by atoms with Gasteiger partial charge in [-0.05, 0) is 63.8 Å². The van der Waals surface area contributed by atoms with E-state index in [-0.39, 0.29) is 5.75 Å². The summed E-state index contributed by atoms with van der Waals surface area (Å²) in [6.07, 6.45) is 5.54. The van der Waals surface area contributed by atoms with Crippen LogP contribution >= 0.6 is 11.9 Å². The summed E-state index contributed by atoms with van der Waals surface area (Å²) in [6.45, 7) is 12.7. The van der Waals surface area contributed by atoms with Crippen molar-refractivity contribution < 1.29 is 14.6 Å². The predicted octanol–water partition coefficient (Wildman–Crippen LogP) is 6.70. The third-order valence-corrected chi connectivity index (χ3v) is 7.03. The molecule has 1 aromatic heterocycles. The predicted molar refractivity (Wildman–Crippen MR) is 140 cm³/mol. The molecule has 0 amide bonds. The van der Waals surface area contributed by atoms with Gasteiger partial charge in [-0.3, -0.25) is 4.98 Å². The van der Waals surface area contributed by atoms with Crippen LogP contribution in [0.4, 0.5) is 5.69 Å². The lowest BCUT2D eigenvalue weighted by Gasteiger charge is -2.37. The number of carbonyl (C=O) groups is 1. The van der Waals surface area contributed by atoms with E-state index in [1.54, 1.807) is 11.9 Å². The summed E-state index contributed by atoms with van der Waals surface area (Å²) < 4.78 is 8.51. The van der Waals surface area contributed by atoms with Crippen LogP contribution in [0.2, 0.25) is 0 Å². The molecular formula is C28H32N2O3S. The second kappa shape index (κ2) is 9.08. The maximum Gasteiger partial charge on any atom is 0.153 e. The first kappa shape index (κ1) is 24.3. The molecule has 3 aromatic rings.